The first-order valence-corrected chi connectivity index (χ1v) is 12.0. The Hall–Kier alpha value is -3.83. The fourth-order valence-electron chi connectivity index (χ4n) is 4.60. The molecule has 1 saturated heterocycles. The van der Waals surface area contributed by atoms with Crippen molar-refractivity contribution >= 4 is 17.6 Å². The first-order chi connectivity index (χ1) is 18.0. The summed E-state index contributed by atoms with van der Waals surface area (Å²) >= 11 is 0. The summed E-state index contributed by atoms with van der Waals surface area (Å²) in [5.74, 6) is -1.56. The normalized spacial score (nSPS) is 14.3. The molecule has 4 N–H and O–H groups in total. The Labute approximate surface area is 217 Å². The van der Waals surface area contributed by atoms with E-state index in [1.54, 1.807) is 12.1 Å². The van der Waals surface area contributed by atoms with Gasteiger partial charge in [-0.3, -0.25) is 14.5 Å². The molecule has 3 aromatic rings. The second kappa shape index (κ2) is 11.3. The number of nitrogens with two attached hydrogens (primary N) is 1. The molecule has 2 amide bonds. The Morgan fingerprint density at radius 3 is 2.32 bits per heavy atom. The van der Waals surface area contributed by atoms with Gasteiger partial charge in [0, 0.05) is 57.0 Å². The highest BCUT2D eigenvalue weighted by Crippen LogP contribution is 2.42. The van der Waals surface area contributed by atoms with E-state index in [1.807, 2.05) is 4.90 Å². The number of carbonyl (C=O) groups excluding carboxylic acids is 2. The molecule has 0 bridgehead atoms. The van der Waals surface area contributed by atoms with Crippen molar-refractivity contribution in [1.29, 1.82) is 0 Å². The van der Waals surface area contributed by atoms with Gasteiger partial charge in [0.2, 0.25) is 11.8 Å². The molecular weight excluding hydrogens is 502 g/mol. The minimum absolute atomic E-state index is 0.0427. The second-order valence-electron chi connectivity index (χ2n) is 9.10. The number of halogens is 4. The number of aromatic nitrogens is 1. The second-order valence-corrected chi connectivity index (χ2v) is 9.10. The Morgan fingerprint density at radius 1 is 1.05 bits per heavy atom. The van der Waals surface area contributed by atoms with Crippen molar-refractivity contribution in [2.24, 2.45) is 5.73 Å². The molecule has 0 spiro atoms. The zero-order valence-electron chi connectivity index (χ0n) is 20.7. The maximum absolute atomic E-state index is 15.4. The molecule has 0 aliphatic carbocycles. The summed E-state index contributed by atoms with van der Waals surface area (Å²) in [6.07, 6.45) is -3.72. The number of piperazine rings is 1. The van der Waals surface area contributed by atoms with E-state index in [4.69, 9.17) is 5.73 Å². The van der Waals surface area contributed by atoms with Crippen LogP contribution in [0.2, 0.25) is 0 Å². The van der Waals surface area contributed by atoms with Crippen molar-refractivity contribution in [2.45, 2.75) is 26.1 Å². The molecule has 0 unspecified atom stereocenters. The molecule has 11 heteroatoms. The van der Waals surface area contributed by atoms with Crippen LogP contribution in [0.25, 0.3) is 22.3 Å². The summed E-state index contributed by atoms with van der Waals surface area (Å²) in [4.78, 5) is 28.8. The minimum atomic E-state index is -4.80. The number of alkyl halides is 3. The number of rotatable bonds is 7. The lowest BCUT2D eigenvalue weighted by Crippen LogP contribution is -2.43. The number of carbonyl (C=O) groups is 2. The van der Waals surface area contributed by atoms with Crippen molar-refractivity contribution in [1.82, 2.24) is 15.2 Å². The van der Waals surface area contributed by atoms with Gasteiger partial charge in [-0.1, -0.05) is 24.3 Å². The molecular formula is C27H27F4N5O2. The van der Waals surface area contributed by atoms with Gasteiger partial charge in [0.1, 0.15) is 11.6 Å². The lowest BCUT2D eigenvalue weighted by Gasteiger charge is -2.30. The number of primary amides is 1. The summed E-state index contributed by atoms with van der Waals surface area (Å²) in [5.41, 5.74) is 4.88. The molecule has 200 valence electrons. The lowest BCUT2D eigenvalue weighted by atomic mass is 9.89. The van der Waals surface area contributed by atoms with Gasteiger partial charge >= 0.3 is 6.18 Å². The van der Waals surface area contributed by atoms with Gasteiger partial charge < -0.3 is 16.4 Å². The van der Waals surface area contributed by atoms with Crippen molar-refractivity contribution in [3.8, 4) is 22.3 Å². The van der Waals surface area contributed by atoms with E-state index in [0.29, 0.717) is 43.1 Å². The lowest BCUT2D eigenvalue weighted by molar-refractivity contribution is -0.138. The summed E-state index contributed by atoms with van der Waals surface area (Å²) in [6, 6.07) is 9.76. The number of pyridine rings is 1. The summed E-state index contributed by atoms with van der Waals surface area (Å²) in [5, 5.41) is 5.69. The zero-order valence-corrected chi connectivity index (χ0v) is 20.7. The van der Waals surface area contributed by atoms with Crippen LogP contribution in [0.3, 0.4) is 0 Å². The Balaban J connectivity index is 1.78. The quantitative estimate of drug-likeness (QED) is 0.403. The zero-order chi connectivity index (χ0) is 27.4. The van der Waals surface area contributed by atoms with Crippen LogP contribution in [0.1, 0.15) is 23.6 Å². The molecule has 4 rings (SSSR count). The number of hydrogen-bond acceptors (Lipinski definition) is 5. The monoisotopic (exact) mass is 529 g/mol. The number of nitrogens with one attached hydrogen (secondary N) is 2. The third-order valence-corrected chi connectivity index (χ3v) is 6.31. The van der Waals surface area contributed by atoms with Crippen LogP contribution in [0.5, 0.6) is 0 Å². The van der Waals surface area contributed by atoms with Crippen molar-refractivity contribution in [2.75, 3.05) is 31.5 Å². The van der Waals surface area contributed by atoms with E-state index < -0.39 is 23.5 Å². The predicted octanol–water partition coefficient (Wildman–Crippen LogP) is 3.96. The molecule has 7 nitrogen and oxygen atoms in total. The van der Waals surface area contributed by atoms with Gasteiger partial charge in [0.05, 0.1) is 12.0 Å². The van der Waals surface area contributed by atoms with Gasteiger partial charge in [-0.2, -0.15) is 13.2 Å². The van der Waals surface area contributed by atoms with Crippen LogP contribution in [0.15, 0.2) is 48.7 Å². The minimum Gasteiger partial charge on any atom is -0.369 e. The highest BCUT2D eigenvalue weighted by Gasteiger charge is 2.38. The predicted molar refractivity (Wildman–Crippen MR) is 135 cm³/mol. The third-order valence-electron chi connectivity index (χ3n) is 6.31. The van der Waals surface area contributed by atoms with Gasteiger partial charge in [-0.15, -0.1) is 0 Å². The van der Waals surface area contributed by atoms with Crippen LogP contribution in [-0.4, -0.2) is 47.9 Å². The highest BCUT2D eigenvalue weighted by molar-refractivity contribution is 5.87. The van der Waals surface area contributed by atoms with E-state index in [9.17, 15) is 22.8 Å². The molecule has 0 radical (unpaired) electrons. The molecule has 0 atom stereocenters. The fourth-order valence-corrected chi connectivity index (χ4v) is 4.60. The average Bonchev–Trinajstić information content (AvgIpc) is 2.85. The molecule has 1 aliphatic rings. The molecule has 1 aromatic heterocycles. The Bertz CT molecular complexity index is 1340. The standard InChI is InChI=1S/C27H27F4N5O2/c1-16(37)35-25-7-4-19(14-34-25)17-2-5-20(23(28)12-17)21-6-3-18(13-24(32)38)22(26(21)27(29,30)31)15-36-10-8-33-9-11-36/h2-7,12,14,33H,8-11,13,15H2,1H3,(H2,32,38)(H,34,35,37). The van der Waals surface area contributed by atoms with Gasteiger partial charge in [0.15, 0.2) is 0 Å². The van der Waals surface area contributed by atoms with Crippen LogP contribution < -0.4 is 16.4 Å². The molecule has 2 heterocycles. The van der Waals surface area contributed by atoms with Crippen LogP contribution in [-0.2, 0) is 28.7 Å². The Kier molecular flexibility index (Phi) is 8.08. The first-order valence-electron chi connectivity index (χ1n) is 12.0. The largest absolute Gasteiger partial charge is 0.417 e. The van der Waals surface area contributed by atoms with Gasteiger partial charge in [-0.05, 0) is 40.5 Å². The third kappa shape index (κ3) is 6.35. The van der Waals surface area contributed by atoms with Gasteiger partial charge in [0.25, 0.3) is 0 Å². The smallest absolute Gasteiger partial charge is 0.369 e. The summed E-state index contributed by atoms with van der Waals surface area (Å²) < 4.78 is 59.1. The van der Waals surface area contributed by atoms with Gasteiger partial charge in [-0.25, -0.2) is 9.37 Å². The topological polar surface area (TPSA) is 100 Å². The fraction of sp³-hybridized carbons (Fsp3) is 0.296. The van der Waals surface area contributed by atoms with E-state index in [2.05, 4.69) is 15.6 Å². The van der Waals surface area contributed by atoms with Crippen molar-refractivity contribution in [3.63, 3.8) is 0 Å². The molecule has 1 fully saturated rings. The average molecular weight is 530 g/mol. The van der Waals surface area contributed by atoms with E-state index in [-0.39, 0.29) is 41.1 Å². The SMILES string of the molecule is CC(=O)Nc1ccc(-c2ccc(-c3ccc(CC(N)=O)c(CN4CCNCC4)c3C(F)(F)F)c(F)c2)cn1. The number of hydrogen-bond donors (Lipinski definition) is 3. The molecule has 2 aromatic carbocycles. The maximum atomic E-state index is 15.4. The molecule has 38 heavy (non-hydrogen) atoms. The van der Waals surface area contributed by atoms with Crippen LogP contribution >= 0.6 is 0 Å². The van der Waals surface area contributed by atoms with Crippen LogP contribution in [0.4, 0.5) is 23.4 Å². The number of amides is 2. The molecule has 1 aliphatic heterocycles. The van der Waals surface area contributed by atoms with Crippen molar-refractivity contribution in [3.05, 3.63) is 71.2 Å². The molecule has 0 saturated carbocycles. The maximum Gasteiger partial charge on any atom is 0.417 e. The highest BCUT2D eigenvalue weighted by atomic mass is 19.4. The van der Waals surface area contributed by atoms with E-state index in [1.165, 1.54) is 37.4 Å². The summed E-state index contributed by atoms with van der Waals surface area (Å²) in [7, 11) is 0. The van der Waals surface area contributed by atoms with Crippen LogP contribution in [0, 0.1) is 5.82 Å². The van der Waals surface area contributed by atoms with Crippen molar-refractivity contribution < 1.29 is 27.2 Å². The number of benzene rings is 2. The van der Waals surface area contributed by atoms with E-state index in [0.717, 1.165) is 6.07 Å². The Morgan fingerprint density at radius 2 is 1.74 bits per heavy atom. The van der Waals surface area contributed by atoms with E-state index >= 15 is 4.39 Å². The number of nitrogens with zero attached hydrogens (tertiary/aromatic N) is 2. The first kappa shape index (κ1) is 27.2. The summed E-state index contributed by atoms with van der Waals surface area (Å²) in [6.45, 7) is 3.63. The number of anilines is 1.